The number of rotatable bonds is 6. The predicted molar refractivity (Wildman–Crippen MR) is 197 cm³/mol. The number of alkyl halides is 3. The smallest absolute Gasteiger partial charge is 0.416 e. The molecule has 4 aliphatic heterocycles. The molecule has 4 aliphatic rings. The third-order valence-corrected chi connectivity index (χ3v) is 11.4. The van der Waals surface area contributed by atoms with Crippen molar-refractivity contribution >= 4 is 46.4 Å². The summed E-state index contributed by atoms with van der Waals surface area (Å²) in [7, 11) is 0. The van der Waals surface area contributed by atoms with Crippen molar-refractivity contribution in [3.8, 4) is 5.75 Å². The summed E-state index contributed by atoms with van der Waals surface area (Å²) in [6, 6.07) is 5.48. The number of halogens is 4. The Morgan fingerprint density at radius 2 is 1.84 bits per heavy atom. The number of hydrogen-bond acceptors (Lipinski definition) is 10. The van der Waals surface area contributed by atoms with E-state index in [9.17, 15) is 37.5 Å². The zero-order valence-electron chi connectivity index (χ0n) is 30.9. The van der Waals surface area contributed by atoms with E-state index in [-0.39, 0.29) is 71.2 Å². The molecule has 0 unspecified atom stereocenters. The lowest BCUT2D eigenvalue weighted by Gasteiger charge is -2.40. The molecule has 7 heterocycles. The van der Waals surface area contributed by atoms with E-state index < -0.39 is 52.8 Å². The second-order valence-corrected chi connectivity index (χ2v) is 15.5. The molecule has 3 aromatic heterocycles. The third kappa shape index (κ3) is 6.82. The average molecular weight is 811 g/mol. The van der Waals surface area contributed by atoms with Crippen LogP contribution in [0.5, 0.6) is 5.75 Å². The Morgan fingerprint density at radius 3 is 2.51 bits per heavy atom. The maximum Gasteiger partial charge on any atom is 0.416 e. The van der Waals surface area contributed by atoms with Gasteiger partial charge in [-0.2, -0.15) is 22.7 Å². The molecule has 300 valence electrons. The zero-order chi connectivity index (χ0) is 40.4. The lowest BCUT2D eigenvalue weighted by molar-refractivity contribution is -0.168. The number of likely N-dealkylation sites (tertiary alicyclic amines) is 1. The Kier molecular flexibility index (Phi) is 9.63. The van der Waals surface area contributed by atoms with E-state index in [4.69, 9.17) is 26.1 Å². The van der Waals surface area contributed by atoms with Crippen LogP contribution in [-0.2, 0) is 37.4 Å². The minimum Gasteiger partial charge on any atom is -0.505 e. The summed E-state index contributed by atoms with van der Waals surface area (Å²) >= 11 is 6.17. The van der Waals surface area contributed by atoms with Gasteiger partial charge in [0, 0.05) is 32.4 Å². The Morgan fingerprint density at radius 1 is 1.09 bits per heavy atom. The van der Waals surface area contributed by atoms with E-state index in [1.807, 2.05) is 13.0 Å². The van der Waals surface area contributed by atoms with E-state index in [0.29, 0.717) is 50.4 Å². The fraction of sp³-hybridized carbons (Fsp3) is 0.447. The molecule has 0 saturated carbocycles. The molecule has 2 N–H and O–H groups in total. The quantitative estimate of drug-likeness (QED) is 0.281. The Hall–Kier alpha value is -5.33. The summed E-state index contributed by atoms with van der Waals surface area (Å²) in [6.45, 7) is 5.07. The van der Waals surface area contributed by atoms with Crippen molar-refractivity contribution in [2.75, 3.05) is 44.7 Å². The highest BCUT2D eigenvalue weighted by Gasteiger charge is 2.51. The molecule has 3 amide bonds. The number of pyridine rings is 1. The summed E-state index contributed by atoms with van der Waals surface area (Å²) in [5.41, 5.74) is -2.08. The molecule has 4 aromatic rings. The molecule has 1 spiro atoms. The van der Waals surface area contributed by atoms with Gasteiger partial charge in [0.05, 0.1) is 52.3 Å². The van der Waals surface area contributed by atoms with Gasteiger partial charge in [-0.3, -0.25) is 19.2 Å². The number of amides is 3. The summed E-state index contributed by atoms with van der Waals surface area (Å²) in [4.78, 5) is 67.1. The van der Waals surface area contributed by atoms with Gasteiger partial charge in [0.25, 0.3) is 11.5 Å². The van der Waals surface area contributed by atoms with Gasteiger partial charge in [0.1, 0.15) is 17.9 Å². The molecule has 1 aromatic carbocycles. The number of fused-ring (bicyclic) bond motifs is 3. The van der Waals surface area contributed by atoms with Crippen molar-refractivity contribution < 1.29 is 42.1 Å². The van der Waals surface area contributed by atoms with Crippen molar-refractivity contribution in [1.29, 1.82) is 0 Å². The van der Waals surface area contributed by atoms with Gasteiger partial charge in [-0.25, -0.2) is 4.98 Å². The minimum atomic E-state index is -4.64. The number of nitrogens with zero attached hydrogens (tertiary/aromatic N) is 7. The normalized spacial score (nSPS) is 20.2. The molecular formula is C38H38ClF3N8O7. The first-order valence-electron chi connectivity index (χ1n) is 18.5. The van der Waals surface area contributed by atoms with E-state index in [1.165, 1.54) is 27.8 Å². The maximum absolute atomic E-state index is 14.6. The van der Waals surface area contributed by atoms with E-state index >= 15 is 0 Å². The lowest BCUT2D eigenvalue weighted by Crippen LogP contribution is -2.53. The van der Waals surface area contributed by atoms with E-state index in [1.54, 1.807) is 11.8 Å². The molecule has 0 radical (unpaired) electrons. The molecule has 15 nitrogen and oxygen atoms in total. The van der Waals surface area contributed by atoms with Gasteiger partial charge >= 0.3 is 6.18 Å². The molecule has 0 aliphatic carbocycles. The number of carbonyl (C=O) groups excluding carboxylic acids is 3. The van der Waals surface area contributed by atoms with Crippen LogP contribution in [-0.4, -0.2) is 96.2 Å². The van der Waals surface area contributed by atoms with E-state index in [2.05, 4.69) is 15.4 Å². The number of piperidine rings is 1. The minimum absolute atomic E-state index is 0.00509. The van der Waals surface area contributed by atoms with Gasteiger partial charge in [0.2, 0.25) is 17.6 Å². The second kappa shape index (κ2) is 14.2. The molecule has 57 heavy (non-hydrogen) atoms. The Balaban J connectivity index is 1.14. The zero-order valence-corrected chi connectivity index (χ0v) is 31.7. The monoisotopic (exact) mass is 810 g/mol. The van der Waals surface area contributed by atoms with Crippen molar-refractivity contribution in [2.45, 2.75) is 64.0 Å². The molecule has 2 fully saturated rings. The number of aromatic nitrogens is 5. The number of benzene rings is 1. The highest BCUT2D eigenvalue weighted by Crippen LogP contribution is 2.48. The fourth-order valence-corrected chi connectivity index (χ4v) is 8.36. The van der Waals surface area contributed by atoms with E-state index in [0.717, 1.165) is 22.7 Å². The van der Waals surface area contributed by atoms with Crippen LogP contribution in [0.15, 0.2) is 47.4 Å². The van der Waals surface area contributed by atoms with Crippen LogP contribution in [0.2, 0.25) is 5.02 Å². The number of anilines is 1. The van der Waals surface area contributed by atoms with Crippen LogP contribution >= 0.6 is 11.6 Å². The summed E-state index contributed by atoms with van der Waals surface area (Å²) < 4.78 is 54.5. The largest absolute Gasteiger partial charge is 0.505 e. The topological polar surface area (TPSA) is 173 Å². The highest BCUT2D eigenvalue weighted by molar-refractivity contribution is 6.33. The van der Waals surface area contributed by atoms with Crippen molar-refractivity contribution in [2.24, 2.45) is 5.41 Å². The average Bonchev–Trinajstić information content (AvgIpc) is 3.62. The fourth-order valence-electron chi connectivity index (χ4n) is 8.13. The number of hydrogen-bond donors (Lipinski definition) is 2. The summed E-state index contributed by atoms with van der Waals surface area (Å²) in [5.74, 6) is -1.13. The van der Waals surface area contributed by atoms with Crippen molar-refractivity contribution in [3.63, 3.8) is 0 Å². The van der Waals surface area contributed by atoms with Crippen LogP contribution in [0, 0.1) is 5.41 Å². The first-order chi connectivity index (χ1) is 27.1. The van der Waals surface area contributed by atoms with Gasteiger partial charge in [0.15, 0.2) is 11.5 Å². The molecule has 19 heteroatoms. The molecule has 0 bridgehead atoms. The van der Waals surface area contributed by atoms with Gasteiger partial charge < -0.3 is 34.3 Å². The van der Waals surface area contributed by atoms with Crippen LogP contribution in [0.25, 0.3) is 11.4 Å². The predicted octanol–water partition coefficient (Wildman–Crippen LogP) is 4.57. The third-order valence-electron chi connectivity index (χ3n) is 11.1. The second-order valence-electron chi connectivity index (χ2n) is 15.1. The molecular weight excluding hydrogens is 773 g/mol. The first kappa shape index (κ1) is 38.5. The number of carbonyl (C=O) groups is 3. The SMILES string of the molecule is C[C@H]1OC2(CCN(C(=O)c3ncccc3O)CC2)c2c1n(CC(=O)Nc1ccc(C(F)(F)F)cc1Cl)c1nc(C3=CCCN(C(=O)C4(C)COC4)CC3)nn1c2=O. The van der Waals surface area contributed by atoms with Gasteiger partial charge in [-0.15, -0.1) is 5.10 Å². The van der Waals surface area contributed by atoms with Crippen LogP contribution < -0.4 is 10.9 Å². The molecule has 8 rings (SSSR count). The van der Waals surface area contributed by atoms with Crippen LogP contribution in [0.4, 0.5) is 18.9 Å². The standard InChI is InChI=1S/C38H38ClF3N8O7/c1-21-30-28(37(57-21)10-15-47(16-11-37)33(54)29-26(51)6-3-12-43-29)32(53)50-35(49(30)18-27(52)44-25-8-7-23(17-24(25)39)38(40,41)42)45-31(46-50)22-5-4-13-48(14-9-22)34(55)36(2)19-56-20-36/h3,5-8,12,17,21,51H,4,9-11,13-16,18-20H2,1-2H3,(H,44,52)/t21-/m1/s1. The first-order valence-corrected chi connectivity index (χ1v) is 18.8. The van der Waals surface area contributed by atoms with Crippen LogP contribution in [0.1, 0.15) is 78.8 Å². The maximum atomic E-state index is 14.6. The Bertz CT molecular complexity index is 2400. The summed E-state index contributed by atoms with van der Waals surface area (Å²) in [5, 5.41) is 17.2. The number of ether oxygens (including phenoxy) is 2. The van der Waals surface area contributed by atoms with Crippen LogP contribution in [0.3, 0.4) is 0 Å². The van der Waals surface area contributed by atoms with Crippen molar-refractivity contribution in [3.05, 3.63) is 86.3 Å². The summed E-state index contributed by atoms with van der Waals surface area (Å²) in [6.07, 6.45) is -0.733. The molecule has 1 atom stereocenters. The lowest BCUT2D eigenvalue weighted by atomic mass is 9.85. The number of aromatic hydroxyl groups is 1. The Labute approximate surface area is 328 Å². The molecule has 2 saturated heterocycles. The van der Waals surface area contributed by atoms with Gasteiger partial charge in [-0.1, -0.05) is 17.7 Å². The number of nitrogens with one attached hydrogen (secondary N) is 1. The van der Waals surface area contributed by atoms with Crippen molar-refractivity contribution in [1.82, 2.24) is 33.9 Å². The highest BCUT2D eigenvalue weighted by atomic mass is 35.5. The van der Waals surface area contributed by atoms with Gasteiger partial charge in [-0.05, 0) is 75.4 Å².